The Kier molecular flexibility index (Phi) is 5.01. The summed E-state index contributed by atoms with van der Waals surface area (Å²) in [5.74, 6) is -0.416. The van der Waals surface area contributed by atoms with E-state index in [0.29, 0.717) is 24.2 Å². The van der Waals surface area contributed by atoms with Crippen molar-refractivity contribution in [2.45, 2.75) is 39.3 Å². The number of likely N-dealkylation sites (tertiary alicyclic amines) is 1. The Balaban J connectivity index is 1.64. The number of esters is 1. The first-order chi connectivity index (χ1) is 14.1. The summed E-state index contributed by atoms with van der Waals surface area (Å²) in [6.45, 7) is 8.60. The van der Waals surface area contributed by atoms with E-state index < -0.39 is 11.6 Å². The van der Waals surface area contributed by atoms with E-state index in [0.717, 1.165) is 20.8 Å². The number of carbonyl (C=O) groups is 2. The molecule has 0 atom stereocenters. The predicted molar refractivity (Wildman–Crippen MR) is 114 cm³/mol. The van der Waals surface area contributed by atoms with Crippen molar-refractivity contribution >= 4 is 34.3 Å². The zero-order valence-electron chi connectivity index (χ0n) is 17.6. The fourth-order valence-electron chi connectivity index (χ4n) is 3.32. The van der Waals surface area contributed by atoms with Gasteiger partial charge in [-0.1, -0.05) is 0 Å². The number of amides is 1. The average Bonchev–Trinajstić information content (AvgIpc) is 3.23. The third-order valence-corrected chi connectivity index (χ3v) is 5.75. The highest BCUT2D eigenvalue weighted by Crippen LogP contribution is 2.34. The summed E-state index contributed by atoms with van der Waals surface area (Å²) in [5, 5.41) is 6.42. The quantitative estimate of drug-likeness (QED) is 0.585. The summed E-state index contributed by atoms with van der Waals surface area (Å²) in [5.41, 5.74) is 1.45. The minimum absolute atomic E-state index is 0.0531. The Morgan fingerprint density at radius 1 is 1.23 bits per heavy atom. The fourth-order valence-corrected chi connectivity index (χ4v) is 4.11. The first-order valence-corrected chi connectivity index (χ1v) is 10.5. The van der Waals surface area contributed by atoms with E-state index in [4.69, 9.17) is 9.47 Å². The molecule has 9 heteroatoms. The van der Waals surface area contributed by atoms with Gasteiger partial charge in [0.1, 0.15) is 10.6 Å². The van der Waals surface area contributed by atoms with Gasteiger partial charge in [0.2, 0.25) is 0 Å². The molecule has 0 spiro atoms. The van der Waals surface area contributed by atoms with Gasteiger partial charge in [-0.25, -0.2) is 14.6 Å². The summed E-state index contributed by atoms with van der Waals surface area (Å²) < 4.78 is 12.2. The molecule has 4 rings (SSSR count). The molecule has 1 amide bonds. The lowest BCUT2D eigenvalue weighted by atomic mass is 10.1. The number of aryl methyl sites for hydroxylation is 1. The molecule has 1 aliphatic rings. The molecule has 1 fully saturated rings. The fraction of sp³-hybridized carbons (Fsp3) is 0.429. The average molecular weight is 429 g/mol. The molecule has 0 saturated carbocycles. The SMILES string of the molecule is COC(=O)c1cc(-c2ncc(C)s2)c2cn(C3CN(C(=O)OC(C)(C)C)C3)nc2c1. The van der Waals surface area contributed by atoms with Crippen LogP contribution in [0.15, 0.2) is 24.5 Å². The number of hydrogen-bond acceptors (Lipinski definition) is 7. The van der Waals surface area contributed by atoms with Gasteiger partial charge in [-0.2, -0.15) is 5.10 Å². The minimum Gasteiger partial charge on any atom is -0.465 e. The number of ether oxygens (including phenoxy) is 2. The first kappa shape index (κ1) is 20.3. The maximum Gasteiger partial charge on any atom is 0.410 e. The van der Waals surface area contributed by atoms with Crippen LogP contribution >= 0.6 is 11.3 Å². The van der Waals surface area contributed by atoms with Crippen LogP contribution in [0.4, 0.5) is 4.79 Å². The van der Waals surface area contributed by atoms with Crippen LogP contribution in [-0.4, -0.2) is 57.5 Å². The van der Waals surface area contributed by atoms with Crippen molar-refractivity contribution in [3.8, 4) is 10.6 Å². The summed E-state index contributed by atoms with van der Waals surface area (Å²) in [6.07, 6.45) is 3.45. The molecular formula is C21H24N4O4S. The van der Waals surface area contributed by atoms with E-state index in [-0.39, 0.29) is 12.1 Å². The lowest BCUT2D eigenvalue weighted by Gasteiger charge is -2.39. The number of fused-ring (bicyclic) bond motifs is 1. The van der Waals surface area contributed by atoms with E-state index in [1.54, 1.807) is 28.4 Å². The second-order valence-corrected chi connectivity index (χ2v) is 9.61. The van der Waals surface area contributed by atoms with Crippen LogP contribution in [0.2, 0.25) is 0 Å². The predicted octanol–water partition coefficient (Wildman–Crippen LogP) is 4.05. The zero-order chi connectivity index (χ0) is 21.6. The minimum atomic E-state index is -0.520. The molecule has 8 nitrogen and oxygen atoms in total. The van der Waals surface area contributed by atoms with Crippen LogP contribution < -0.4 is 0 Å². The summed E-state index contributed by atoms with van der Waals surface area (Å²) in [6, 6.07) is 3.58. The second kappa shape index (κ2) is 7.39. The van der Waals surface area contributed by atoms with Gasteiger partial charge in [-0.05, 0) is 39.8 Å². The molecule has 158 valence electrons. The molecule has 0 N–H and O–H groups in total. The summed E-state index contributed by atoms with van der Waals surface area (Å²) in [4.78, 5) is 31.6. The van der Waals surface area contributed by atoms with Gasteiger partial charge in [0.25, 0.3) is 0 Å². The van der Waals surface area contributed by atoms with Crippen molar-refractivity contribution < 1.29 is 19.1 Å². The van der Waals surface area contributed by atoms with Gasteiger partial charge < -0.3 is 14.4 Å². The number of rotatable bonds is 3. The molecule has 1 aliphatic heterocycles. The maximum absolute atomic E-state index is 12.2. The van der Waals surface area contributed by atoms with Crippen molar-refractivity contribution in [2.24, 2.45) is 0 Å². The van der Waals surface area contributed by atoms with Gasteiger partial charge in [-0.3, -0.25) is 4.68 Å². The first-order valence-electron chi connectivity index (χ1n) is 9.66. The van der Waals surface area contributed by atoms with Gasteiger partial charge in [0, 0.05) is 41.3 Å². The number of carbonyl (C=O) groups excluding carboxylic acids is 2. The molecule has 2 aromatic heterocycles. The van der Waals surface area contributed by atoms with E-state index in [1.165, 1.54) is 7.11 Å². The van der Waals surface area contributed by atoms with Gasteiger partial charge >= 0.3 is 12.1 Å². The van der Waals surface area contributed by atoms with E-state index >= 15 is 0 Å². The normalized spacial score (nSPS) is 14.6. The molecule has 0 aliphatic carbocycles. The van der Waals surface area contributed by atoms with E-state index in [1.807, 2.05) is 44.8 Å². The molecule has 3 heterocycles. The molecule has 3 aromatic rings. The highest BCUT2D eigenvalue weighted by molar-refractivity contribution is 7.15. The second-order valence-electron chi connectivity index (χ2n) is 8.37. The third-order valence-electron chi connectivity index (χ3n) is 4.80. The molecule has 30 heavy (non-hydrogen) atoms. The molecule has 0 bridgehead atoms. The standard InChI is InChI=1S/C21H24N4O4S/c1-12-8-22-18(30-12)15-6-13(19(26)28-5)7-17-16(15)11-25(23-17)14-9-24(10-14)20(27)29-21(2,3)4/h6-8,11,14H,9-10H2,1-5H3. The number of thiazole rings is 1. The van der Waals surface area contributed by atoms with Crippen LogP contribution in [-0.2, 0) is 9.47 Å². The van der Waals surface area contributed by atoms with Crippen molar-refractivity contribution in [3.63, 3.8) is 0 Å². The third kappa shape index (κ3) is 3.89. The van der Waals surface area contributed by atoms with Crippen molar-refractivity contribution in [3.05, 3.63) is 35.0 Å². The Morgan fingerprint density at radius 2 is 1.97 bits per heavy atom. The smallest absolute Gasteiger partial charge is 0.410 e. The van der Waals surface area contributed by atoms with E-state index in [2.05, 4.69) is 10.1 Å². The van der Waals surface area contributed by atoms with Crippen LogP contribution in [0.3, 0.4) is 0 Å². The Morgan fingerprint density at radius 3 is 2.57 bits per heavy atom. The van der Waals surface area contributed by atoms with E-state index in [9.17, 15) is 9.59 Å². The number of benzene rings is 1. The maximum atomic E-state index is 12.2. The summed E-state index contributed by atoms with van der Waals surface area (Å²) in [7, 11) is 1.36. The number of hydrogen-bond donors (Lipinski definition) is 0. The number of methoxy groups -OCH3 is 1. The molecule has 1 aromatic carbocycles. The van der Waals surface area contributed by atoms with Crippen molar-refractivity contribution in [1.82, 2.24) is 19.7 Å². The highest BCUT2D eigenvalue weighted by Gasteiger charge is 2.35. The Bertz CT molecular complexity index is 1120. The van der Waals surface area contributed by atoms with Crippen molar-refractivity contribution in [1.29, 1.82) is 0 Å². The molecule has 0 radical (unpaired) electrons. The molecular weight excluding hydrogens is 404 g/mol. The van der Waals surface area contributed by atoms with Gasteiger partial charge in [-0.15, -0.1) is 11.3 Å². The Labute approximate surface area is 178 Å². The van der Waals surface area contributed by atoms with Crippen molar-refractivity contribution in [2.75, 3.05) is 20.2 Å². The lowest BCUT2D eigenvalue weighted by molar-refractivity contribution is -0.000309. The van der Waals surface area contributed by atoms with Crippen LogP contribution in [0, 0.1) is 6.92 Å². The largest absolute Gasteiger partial charge is 0.465 e. The zero-order valence-corrected chi connectivity index (χ0v) is 18.4. The molecule has 1 saturated heterocycles. The lowest BCUT2D eigenvalue weighted by Crippen LogP contribution is -2.52. The number of nitrogens with zero attached hydrogens (tertiary/aromatic N) is 4. The monoisotopic (exact) mass is 428 g/mol. The topological polar surface area (TPSA) is 86.6 Å². The summed E-state index contributed by atoms with van der Waals surface area (Å²) >= 11 is 1.56. The number of aromatic nitrogens is 3. The van der Waals surface area contributed by atoms with Gasteiger partial charge in [0.15, 0.2) is 0 Å². The van der Waals surface area contributed by atoms with Crippen LogP contribution in [0.1, 0.15) is 42.0 Å². The highest BCUT2D eigenvalue weighted by atomic mass is 32.1. The van der Waals surface area contributed by atoms with Crippen LogP contribution in [0.5, 0.6) is 0 Å². The van der Waals surface area contributed by atoms with Gasteiger partial charge in [0.05, 0.1) is 24.2 Å². The van der Waals surface area contributed by atoms with Crippen LogP contribution in [0.25, 0.3) is 21.5 Å². The molecule has 0 unspecified atom stereocenters. The Hall–Kier alpha value is -2.94.